The van der Waals surface area contributed by atoms with Crippen molar-refractivity contribution in [2.45, 2.75) is 0 Å². The summed E-state index contributed by atoms with van der Waals surface area (Å²) >= 11 is 0.740. The Balaban J connectivity index is -0.000000375. The van der Waals surface area contributed by atoms with E-state index in [-0.39, 0.29) is 163 Å². The molecule has 33 heavy (non-hydrogen) atoms. The van der Waals surface area contributed by atoms with Crippen molar-refractivity contribution in [3.8, 4) is 0 Å². The Kier molecular flexibility index (Phi) is 26.5. The zero-order valence-corrected chi connectivity index (χ0v) is 32.4. The maximum Gasteiger partial charge on any atom is 2.00 e. The maximum absolute atomic E-state index is 3.26. The first-order valence-corrected chi connectivity index (χ1v) is 14.2. The standard InChI is InChI=1S/3C8H5As.3ClH.3Zr/c3*1-2-4-8-7(3-1)5-6-9-8;;;;;;/h3*1-5H;3*1H;;;/q3*-1;;;;3*+2/p-3. The minimum Gasteiger partial charge on any atom is -1.00 e. The van der Waals surface area contributed by atoms with Crippen LogP contribution < -0.4 is 50.3 Å². The van der Waals surface area contributed by atoms with Gasteiger partial charge in [0, 0.05) is 0 Å². The molecule has 3 heterocycles. The van der Waals surface area contributed by atoms with Crippen LogP contribution in [0.3, 0.4) is 0 Å². The van der Waals surface area contributed by atoms with Crippen LogP contribution in [0.1, 0.15) is 16.7 Å². The molecule has 0 bridgehead atoms. The van der Waals surface area contributed by atoms with E-state index in [1.807, 2.05) is 0 Å². The molecule has 9 heteroatoms. The summed E-state index contributed by atoms with van der Waals surface area (Å²) in [5.74, 6) is 0. The van der Waals surface area contributed by atoms with Crippen LogP contribution in [0.5, 0.6) is 0 Å². The Bertz CT molecular complexity index is 912. The van der Waals surface area contributed by atoms with Crippen molar-refractivity contribution in [2.24, 2.45) is 0 Å². The van der Waals surface area contributed by atoms with Gasteiger partial charge in [-0.25, -0.2) is 0 Å². The predicted molar refractivity (Wildman–Crippen MR) is 119 cm³/mol. The third-order valence-corrected chi connectivity index (χ3v) is 9.73. The Labute approximate surface area is 293 Å². The molecule has 3 aliphatic heterocycles. The average Bonchev–Trinajstić information content (AvgIpc) is 3.48. The van der Waals surface area contributed by atoms with Gasteiger partial charge in [-0.05, 0) is 0 Å². The number of benzene rings is 3. The van der Waals surface area contributed by atoms with Crippen molar-refractivity contribution < 1.29 is 116 Å². The Morgan fingerprint density at radius 3 is 0.879 bits per heavy atom. The molecule has 0 saturated heterocycles. The van der Waals surface area contributed by atoms with Gasteiger partial charge in [0.25, 0.3) is 0 Å². The monoisotopic (exact) mass is 903 g/mol. The fraction of sp³-hybridized carbons (Fsp3) is 0. The van der Waals surface area contributed by atoms with E-state index >= 15 is 0 Å². The van der Waals surface area contributed by atoms with Crippen molar-refractivity contribution in [2.75, 3.05) is 0 Å². The molecule has 0 nitrogen and oxygen atoms in total. The fourth-order valence-corrected chi connectivity index (χ4v) is 7.50. The first kappa shape index (κ1) is 39.6. The molecule has 0 unspecified atom stereocenters. The molecule has 0 saturated carbocycles. The summed E-state index contributed by atoms with van der Waals surface area (Å²) in [5, 5.41) is 0. The maximum atomic E-state index is 3.26. The summed E-state index contributed by atoms with van der Waals surface area (Å²) in [5.41, 5.74) is 4.12. The van der Waals surface area contributed by atoms with E-state index in [9.17, 15) is 0 Å². The molecule has 6 rings (SSSR count). The minimum absolute atomic E-state index is 0. The molecule has 0 aliphatic carbocycles. The van der Waals surface area contributed by atoms with Gasteiger partial charge >= 0.3 is 261 Å². The molecule has 0 N–H and O–H groups in total. The quantitative estimate of drug-likeness (QED) is 0.156. The second-order valence-corrected chi connectivity index (χ2v) is 11.9. The van der Waals surface area contributed by atoms with E-state index in [2.05, 4.69) is 106 Å². The topological polar surface area (TPSA) is 0 Å². The summed E-state index contributed by atoms with van der Waals surface area (Å²) < 4.78 is 4.48. The first-order valence-electron chi connectivity index (χ1n) is 8.56. The van der Waals surface area contributed by atoms with Crippen LogP contribution >= 0.6 is 0 Å². The van der Waals surface area contributed by atoms with Crippen molar-refractivity contribution in [3.63, 3.8) is 0 Å². The van der Waals surface area contributed by atoms with Gasteiger partial charge in [-0.3, -0.25) is 0 Å². The van der Waals surface area contributed by atoms with Gasteiger partial charge in [0.1, 0.15) is 0 Å². The third kappa shape index (κ3) is 12.4. The normalized spacial score (nSPS) is 13.5. The van der Waals surface area contributed by atoms with Gasteiger partial charge in [-0.15, -0.1) is 0 Å². The Morgan fingerprint density at radius 2 is 0.636 bits per heavy atom. The van der Waals surface area contributed by atoms with Crippen molar-refractivity contribution in [1.29, 1.82) is 0 Å². The summed E-state index contributed by atoms with van der Waals surface area (Å²) in [4.78, 5) is 9.77. The van der Waals surface area contributed by atoms with Crippen LogP contribution in [-0.4, -0.2) is 47.3 Å². The van der Waals surface area contributed by atoms with Gasteiger partial charge in [0.05, 0.1) is 0 Å². The van der Waals surface area contributed by atoms with Crippen LogP contribution in [0.15, 0.2) is 72.8 Å². The minimum atomic E-state index is 0. The van der Waals surface area contributed by atoms with E-state index in [0.717, 1.165) is 0 Å². The summed E-state index contributed by atoms with van der Waals surface area (Å²) in [6.07, 6.45) is 6.28. The van der Waals surface area contributed by atoms with E-state index in [1.54, 1.807) is 0 Å². The second-order valence-electron chi connectivity index (χ2n) is 5.83. The van der Waals surface area contributed by atoms with Gasteiger partial charge < -0.3 is 37.2 Å². The van der Waals surface area contributed by atoms with E-state index < -0.39 is 0 Å². The number of fused-ring (bicyclic) bond motifs is 3. The number of hydrogen-bond donors (Lipinski definition) is 0. The Hall–Kier alpha value is 2.07. The van der Waals surface area contributed by atoms with E-state index in [4.69, 9.17) is 0 Å². The number of halogens is 3. The molecular formula is C24H15As3Cl3Zr3. The number of rotatable bonds is 0. The van der Waals surface area contributed by atoms with Crippen LogP contribution in [0.4, 0.5) is 0 Å². The van der Waals surface area contributed by atoms with Crippen LogP contribution in [-0.2, 0) is 78.6 Å². The van der Waals surface area contributed by atoms with Gasteiger partial charge in [-0.1, -0.05) is 0 Å². The summed E-state index contributed by atoms with van der Waals surface area (Å²) in [7, 11) is 0. The third-order valence-electron chi connectivity index (χ3n) is 4.03. The molecular weight excluding hydrogens is 893 g/mol. The molecule has 0 amide bonds. The van der Waals surface area contributed by atoms with Crippen LogP contribution in [0.2, 0.25) is 0 Å². The number of hydrogen-bond acceptors (Lipinski definition) is 0. The second kappa shape index (κ2) is 22.1. The molecule has 0 spiro atoms. The first-order chi connectivity index (χ1) is 13.4. The molecule has 3 aromatic carbocycles. The zero-order chi connectivity index (χ0) is 18.3. The van der Waals surface area contributed by atoms with Crippen LogP contribution in [0, 0.1) is 14.6 Å². The smallest absolute Gasteiger partial charge is 1.00 e. The van der Waals surface area contributed by atoms with Crippen molar-refractivity contribution in [1.82, 2.24) is 0 Å². The van der Waals surface area contributed by atoms with Gasteiger partial charge in [0.2, 0.25) is 0 Å². The zero-order valence-electron chi connectivity index (χ0n) is 17.1. The molecule has 159 valence electrons. The van der Waals surface area contributed by atoms with Crippen molar-refractivity contribution in [3.05, 3.63) is 104 Å². The fourth-order valence-electron chi connectivity index (χ4n) is 2.65. The molecule has 0 atom stereocenters. The van der Waals surface area contributed by atoms with Crippen LogP contribution in [0.25, 0.3) is 18.2 Å². The molecule has 0 aromatic heterocycles. The molecule has 3 aliphatic rings. The molecule has 0 fully saturated rings. The molecule has 3 radical (unpaired) electrons. The van der Waals surface area contributed by atoms with Crippen molar-refractivity contribution >= 4 is 78.5 Å². The van der Waals surface area contributed by atoms with Gasteiger partial charge in [-0.2, -0.15) is 0 Å². The van der Waals surface area contributed by atoms with E-state index in [1.165, 1.54) is 29.7 Å². The Morgan fingerprint density at radius 1 is 0.394 bits per heavy atom. The largest absolute Gasteiger partial charge is 2.00 e. The molecule has 3 aromatic rings. The summed E-state index contributed by atoms with van der Waals surface area (Å²) in [6, 6.07) is 25.5. The SMILES string of the molecule is [C-]1=Cc2ccccc2[As]1.[C-]1=Cc2ccccc2[As]1.[C-]1=Cc2ccccc2[As]1.[Cl-].[Cl-].[Cl-].[Zr+2].[Zr+2].[Zr+2]. The van der Waals surface area contributed by atoms with E-state index in [0.29, 0.717) is 0 Å². The van der Waals surface area contributed by atoms with Gasteiger partial charge in [0.15, 0.2) is 0 Å². The summed E-state index contributed by atoms with van der Waals surface area (Å²) in [6.45, 7) is 0. The average molecular weight is 908 g/mol. The predicted octanol–water partition coefficient (Wildman–Crippen LogP) is -6.58.